The van der Waals surface area contributed by atoms with E-state index in [-0.39, 0.29) is 12.3 Å². The van der Waals surface area contributed by atoms with Gasteiger partial charge in [-0.1, -0.05) is 0 Å². The number of nitrogens with zero attached hydrogens (tertiary/aromatic N) is 2. The van der Waals surface area contributed by atoms with Crippen LogP contribution < -0.4 is 4.74 Å². The second kappa shape index (κ2) is 5.51. The first kappa shape index (κ1) is 14.4. The Morgan fingerprint density at radius 1 is 1.50 bits per heavy atom. The lowest BCUT2D eigenvalue weighted by Gasteiger charge is -2.21. The summed E-state index contributed by atoms with van der Waals surface area (Å²) in [6, 6.07) is 8.87. The third-order valence-electron chi connectivity index (χ3n) is 3.02. The molecule has 0 bridgehead atoms. The summed E-state index contributed by atoms with van der Waals surface area (Å²) in [5.74, 6) is 0.512. The van der Waals surface area contributed by atoms with Gasteiger partial charge in [0.15, 0.2) is 5.60 Å². The molecule has 1 heterocycles. The molecule has 0 saturated heterocycles. The highest BCUT2D eigenvalue weighted by molar-refractivity contribution is 6.22. The lowest BCUT2D eigenvalue weighted by molar-refractivity contribution is -0.129. The molecule has 1 aliphatic heterocycles. The van der Waals surface area contributed by atoms with Crippen LogP contribution in [0.15, 0.2) is 29.3 Å². The van der Waals surface area contributed by atoms with E-state index < -0.39 is 16.9 Å². The number of carbonyl (C=O) groups excluding carboxylic acids is 1. The van der Waals surface area contributed by atoms with Crippen LogP contribution in [0.25, 0.3) is 0 Å². The quantitative estimate of drug-likeness (QED) is 0.798. The molecule has 1 aromatic rings. The van der Waals surface area contributed by atoms with Crippen molar-refractivity contribution in [1.82, 2.24) is 0 Å². The fraction of sp³-hybridized carbons (Fsp3) is 0.357. The number of hydrogen-bond donors (Lipinski definition) is 0. The first-order chi connectivity index (χ1) is 9.48. The molecule has 0 spiro atoms. The number of aliphatic imine (C=N–C) groups is 1. The van der Waals surface area contributed by atoms with Crippen molar-refractivity contribution in [3.05, 3.63) is 29.8 Å². The Morgan fingerprint density at radius 2 is 2.15 bits per heavy atom. The number of alkyl halides is 1. The molecule has 5 nitrogen and oxygen atoms in total. The van der Waals surface area contributed by atoms with E-state index in [1.807, 2.05) is 6.07 Å². The van der Waals surface area contributed by atoms with Gasteiger partial charge in [-0.25, -0.2) is 0 Å². The third-order valence-corrected chi connectivity index (χ3v) is 3.28. The Kier molecular flexibility index (Phi) is 3.96. The number of nitriles is 1. The van der Waals surface area contributed by atoms with Crippen LogP contribution in [0.4, 0.5) is 0 Å². The van der Waals surface area contributed by atoms with Gasteiger partial charge in [0.1, 0.15) is 11.1 Å². The van der Waals surface area contributed by atoms with Crippen LogP contribution in [0, 0.1) is 11.3 Å². The van der Waals surface area contributed by atoms with Gasteiger partial charge in [0.2, 0.25) is 5.90 Å². The van der Waals surface area contributed by atoms with Gasteiger partial charge < -0.3 is 9.47 Å². The Bertz CT molecular complexity index is 591. The van der Waals surface area contributed by atoms with E-state index in [4.69, 9.17) is 26.3 Å². The Balaban J connectivity index is 2.18. The molecular formula is C14H13ClN2O3. The van der Waals surface area contributed by atoms with Crippen molar-refractivity contribution in [2.45, 2.75) is 24.3 Å². The minimum atomic E-state index is -1.18. The van der Waals surface area contributed by atoms with Gasteiger partial charge in [-0.3, -0.25) is 4.79 Å². The number of methoxy groups -OCH3 is 1. The van der Waals surface area contributed by atoms with Crippen LogP contribution >= 0.6 is 11.6 Å². The zero-order chi connectivity index (χ0) is 14.8. The number of halogens is 1. The normalized spacial score (nSPS) is 22.7. The molecule has 0 aromatic heterocycles. The smallest absolute Gasteiger partial charge is 0.292 e. The maximum absolute atomic E-state index is 11.9. The lowest BCUT2D eigenvalue weighted by Crippen LogP contribution is -2.36. The van der Waals surface area contributed by atoms with Gasteiger partial charge in [-0.05, 0) is 31.2 Å². The minimum absolute atomic E-state index is 0.0903. The summed E-state index contributed by atoms with van der Waals surface area (Å²) in [4.78, 5) is 15.9. The number of hydrogen-bond acceptors (Lipinski definition) is 4. The summed E-state index contributed by atoms with van der Waals surface area (Å²) >= 11 is 5.77. The van der Waals surface area contributed by atoms with Crippen molar-refractivity contribution in [2.75, 3.05) is 7.11 Å². The number of ether oxygens (including phenoxy) is 2. The van der Waals surface area contributed by atoms with Crippen LogP contribution in [0.3, 0.4) is 0 Å². The molecule has 20 heavy (non-hydrogen) atoms. The molecule has 0 saturated carbocycles. The van der Waals surface area contributed by atoms with E-state index in [9.17, 15) is 4.79 Å². The minimum Gasteiger partial charge on any atom is -0.497 e. The van der Waals surface area contributed by atoms with E-state index in [2.05, 4.69) is 4.99 Å². The van der Waals surface area contributed by atoms with Gasteiger partial charge in [-0.2, -0.15) is 10.3 Å². The first-order valence-corrected chi connectivity index (χ1v) is 6.42. The molecule has 2 rings (SSSR count). The van der Waals surface area contributed by atoms with Crippen LogP contribution in [0.5, 0.6) is 5.75 Å². The molecule has 1 aliphatic rings. The summed E-state index contributed by atoms with van der Waals surface area (Å²) in [5, 5.41) is 7.94. The highest BCUT2D eigenvalue weighted by Gasteiger charge is 2.43. The molecule has 0 radical (unpaired) electrons. The number of amides is 1. The molecule has 2 atom stereocenters. The molecule has 0 fully saturated rings. The van der Waals surface area contributed by atoms with Crippen molar-refractivity contribution in [3.8, 4) is 11.8 Å². The third kappa shape index (κ3) is 2.75. The molecule has 0 N–H and O–H groups in total. The molecule has 104 valence electrons. The zero-order valence-electron chi connectivity index (χ0n) is 11.1. The number of rotatable bonds is 4. The van der Waals surface area contributed by atoms with Gasteiger partial charge in [-0.15, -0.1) is 11.6 Å². The van der Waals surface area contributed by atoms with E-state index in [0.29, 0.717) is 11.3 Å². The van der Waals surface area contributed by atoms with E-state index >= 15 is 0 Å². The van der Waals surface area contributed by atoms with Crippen molar-refractivity contribution >= 4 is 23.4 Å². The number of benzene rings is 1. The van der Waals surface area contributed by atoms with Crippen LogP contribution in [-0.2, 0) is 9.53 Å². The maximum atomic E-state index is 11.9. The molecular weight excluding hydrogens is 280 g/mol. The molecule has 1 amide bonds. The maximum Gasteiger partial charge on any atom is 0.292 e. The molecule has 0 aliphatic carbocycles. The van der Waals surface area contributed by atoms with Crippen LogP contribution in [0.2, 0.25) is 0 Å². The van der Waals surface area contributed by atoms with Crippen molar-refractivity contribution < 1.29 is 14.3 Å². The summed E-state index contributed by atoms with van der Waals surface area (Å²) in [6.45, 7) is 1.59. The SMILES string of the molecule is COc1ccc(C2=NC(=O)[C@@](C)(C[C@@H](Cl)C#N)O2)cc1. The van der Waals surface area contributed by atoms with Crippen LogP contribution in [0.1, 0.15) is 18.9 Å². The van der Waals surface area contributed by atoms with E-state index in [0.717, 1.165) is 0 Å². The second-order valence-electron chi connectivity index (χ2n) is 4.58. The monoisotopic (exact) mass is 292 g/mol. The van der Waals surface area contributed by atoms with Crippen molar-refractivity contribution in [2.24, 2.45) is 4.99 Å². The van der Waals surface area contributed by atoms with E-state index in [1.165, 1.54) is 0 Å². The summed E-state index contributed by atoms with van der Waals surface area (Å²) in [5.41, 5.74) is -0.511. The number of carbonyl (C=O) groups is 1. The lowest BCUT2D eigenvalue weighted by atomic mass is 10.00. The second-order valence-corrected chi connectivity index (χ2v) is 5.11. The van der Waals surface area contributed by atoms with Gasteiger partial charge in [0.05, 0.1) is 13.2 Å². The fourth-order valence-corrected chi connectivity index (χ4v) is 2.16. The molecule has 6 heteroatoms. The van der Waals surface area contributed by atoms with Crippen molar-refractivity contribution in [3.63, 3.8) is 0 Å². The fourth-order valence-electron chi connectivity index (χ4n) is 1.86. The summed E-state index contributed by atoms with van der Waals surface area (Å²) in [7, 11) is 1.57. The zero-order valence-corrected chi connectivity index (χ0v) is 11.8. The standard InChI is InChI=1S/C14H13ClN2O3/c1-14(7-10(15)8-16)13(18)17-12(20-14)9-3-5-11(19-2)6-4-9/h3-6,10H,7H2,1-2H3/t10-,14-/m1/s1. The predicted molar refractivity (Wildman–Crippen MR) is 73.9 cm³/mol. The molecule has 1 aromatic carbocycles. The Hall–Kier alpha value is -2.06. The van der Waals surface area contributed by atoms with Gasteiger partial charge in [0, 0.05) is 12.0 Å². The highest BCUT2D eigenvalue weighted by Crippen LogP contribution is 2.29. The van der Waals surface area contributed by atoms with Gasteiger partial charge >= 0.3 is 0 Å². The first-order valence-electron chi connectivity index (χ1n) is 5.99. The molecule has 0 unspecified atom stereocenters. The van der Waals surface area contributed by atoms with Crippen molar-refractivity contribution in [1.29, 1.82) is 5.26 Å². The highest BCUT2D eigenvalue weighted by atomic mass is 35.5. The largest absolute Gasteiger partial charge is 0.497 e. The Morgan fingerprint density at radius 3 is 2.70 bits per heavy atom. The topological polar surface area (TPSA) is 71.7 Å². The van der Waals surface area contributed by atoms with Gasteiger partial charge in [0.25, 0.3) is 5.91 Å². The average molecular weight is 293 g/mol. The van der Waals surface area contributed by atoms with E-state index in [1.54, 1.807) is 38.3 Å². The summed E-state index contributed by atoms with van der Waals surface area (Å²) in [6.07, 6.45) is 0.0903. The Labute approximate surface area is 121 Å². The predicted octanol–water partition coefficient (Wildman–Crippen LogP) is 2.28. The van der Waals surface area contributed by atoms with Crippen LogP contribution in [-0.4, -0.2) is 29.9 Å². The average Bonchev–Trinajstić information content (AvgIpc) is 2.74. The summed E-state index contributed by atoms with van der Waals surface area (Å²) < 4.78 is 10.7.